The Labute approximate surface area is 129 Å². The number of thiazole rings is 1. The van der Waals surface area contributed by atoms with Crippen LogP contribution in [0.25, 0.3) is 11.3 Å². The third-order valence-electron chi connectivity index (χ3n) is 4.45. The number of rotatable bonds is 5. The minimum absolute atomic E-state index is 0.363. The van der Waals surface area contributed by atoms with Crippen LogP contribution >= 0.6 is 11.3 Å². The molecule has 1 heterocycles. The highest BCUT2D eigenvalue weighted by Crippen LogP contribution is 2.37. The summed E-state index contributed by atoms with van der Waals surface area (Å²) in [5, 5.41) is 13.6. The van der Waals surface area contributed by atoms with Gasteiger partial charge in [-0.1, -0.05) is 43.2 Å². The molecular formula is C17H21NO2S. The highest BCUT2D eigenvalue weighted by Gasteiger charge is 2.41. The van der Waals surface area contributed by atoms with Crippen LogP contribution in [0.2, 0.25) is 0 Å². The zero-order valence-corrected chi connectivity index (χ0v) is 13.1. The first-order chi connectivity index (χ1) is 10.2. The molecule has 0 saturated heterocycles. The molecule has 1 aliphatic carbocycles. The van der Waals surface area contributed by atoms with Gasteiger partial charge < -0.3 is 9.84 Å². The lowest BCUT2D eigenvalue weighted by molar-refractivity contribution is -0.0971. The summed E-state index contributed by atoms with van der Waals surface area (Å²) in [6, 6.07) is 10.2. The lowest BCUT2D eigenvalue weighted by Gasteiger charge is -2.32. The summed E-state index contributed by atoms with van der Waals surface area (Å²) in [6.45, 7) is 0. The summed E-state index contributed by atoms with van der Waals surface area (Å²) in [5.74, 6) is 0. The summed E-state index contributed by atoms with van der Waals surface area (Å²) in [5.41, 5.74) is 1.75. The Morgan fingerprint density at radius 2 is 2.00 bits per heavy atom. The zero-order chi connectivity index (χ0) is 14.7. The molecule has 3 nitrogen and oxygen atoms in total. The van der Waals surface area contributed by atoms with Gasteiger partial charge in [-0.15, -0.1) is 11.3 Å². The van der Waals surface area contributed by atoms with Crippen LogP contribution in [-0.2, 0) is 11.2 Å². The van der Waals surface area contributed by atoms with E-state index in [4.69, 9.17) is 4.74 Å². The monoisotopic (exact) mass is 303 g/mol. The average molecular weight is 303 g/mol. The third kappa shape index (κ3) is 3.03. The van der Waals surface area contributed by atoms with E-state index < -0.39 is 6.10 Å². The lowest BCUT2D eigenvalue weighted by atomic mass is 9.92. The van der Waals surface area contributed by atoms with Crippen LogP contribution in [0.4, 0.5) is 0 Å². The van der Waals surface area contributed by atoms with E-state index in [0.717, 1.165) is 41.9 Å². The molecule has 0 spiro atoms. The molecule has 0 radical (unpaired) electrons. The van der Waals surface area contributed by atoms with Crippen LogP contribution in [0.5, 0.6) is 0 Å². The van der Waals surface area contributed by atoms with Crippen molar-refractivity contribution in [3.05, 3.63) is 40.7 Å². The number of ether oxygens (including phenoxy) is 1. The van der Waals surface area contributed by atoms with Crippen molar-refractivity contribution in [1.82, 2.24) is 4.98 Å². The zero-order valence-electron chi connectivity index (χ0n) is 12.3. The predicted molar refractivity (Wildman–Crippen MR) is 85.5 cm³/mol. The maximum atomic E-state index is 10.6. The van der Waals surface area contributed by atoms with E-state index in [0.29, 0.717) is 6.42 Å². The molecular weight excluding hydrogens is 282 g/mol. The van der Waals surface area contributed by atoms with Gasteiger partial charge in [0.15, 0.2) is 0 Å². The quantitative estimate of drug-likeness (QED) is 0.916. The first kappa shape index (κ1) is 14.7. The molecule has 3 rings (SSSR count). The van der Waals surface area contributed by atoms with Crippen LogP contribution < -0.4 is 0 Å². The van der Waals surface area contributed by atoms with Gasteiger partial charge in [0.1, 0.15) is 0 Å². The number of methoxy groups -OCH3 is 1. The minimum atomic E-state index is -0.472. The number of aromatic nitrogens is 1. The molecule has 1 saturated carbocycles. The van der Waals surface area contributed by atoms with Crippen LogP contribution in [0, 0.1) is 0 Å². The molecule has 0 amide bonds. The molecule has 2 aromatic rings. The SMILES string of the molecule is COC1(C(O)Cc2nc(-c3ccccc3)cs2)CCCC1. The molecule has 4 heteroatoms. The smallest absolute Gasteiger partial charge is 0.0959 e. The summed E-state index contributed by atoms with van der Waals surface area (Å²) in [7, 11) is 1.71. The number of hydrogen-bond donors (Lipinski definition) is 1. The van der Waals surface area contributed by atoms with E-state index in [-0.39, 0.29) is 5.60 Å². The topological polar surface area (TPSA) is 42.4 Å². The van der Waals surface area contributed by atoms with Gasteiger partial charge in [0.25, 0.3) is 0 Å². The van der Waals surface area contributed by atoms with Gasteiger partial charge in [0, 0.05) is 24.5 Å². The van der Waals surface area contributed by atoms with Crippen molar-refractivity contribution < 1.29 is 9.84 Å². The summed E-state index contributed by atoms with van der Waals surface area (Å²) in [4.78, 5) is 4.66. The fourth-order valence-corrected chi connectivity index (χ4v) is 3.99. The highest BCUT2D eigenvalue weighted by atomic mass is 32.1. The van der Waals surface area contributed by atoms with E-state index in [1.165, 1.54) is 0 Å². The Morgan fingerprint density at radius 1 is 1.29 bits per heavy atom. The summed E-state index contributed by atoms with van der Waals surface area (Å²) < 4.78 is 5.65. The third-order valence-corrected chi connectivity index (χ3v) is 5.32. The van der Waals surface area contributed by atoms with E-state index in [2.05, 4.69) is 22.5 Å². The fourth-order valence-electron chi connectivity index (χ4n) is 3.14. The number of aliphatic hydroxyl groups is 1. The van der Waals surface area contributed by atoms with Crippen molar-refractivity contribution in [2.24, 2.45) is 0 Å². The van der Waals surface area contributed by atoms with E-state index >= 15 is 0 Å². The first-order valence-electron chi connectivity index (χ1n) is 7.46. The van der Waals surface area contributed by atoms with Crippen molar-refractivity contribution in [3.8, 4) is 11.3 Å². The lowest BCUT2D eigenvalue weighted by Crippen LogP contribution is -2.42. The van der Waals surface area contributed by atoms with Gasteiger partial charge in [0.05, 0.1) is 22.4 Å². The predicted octanol–water partition coefficient (Wildman–Crippen LogP) is 3.67. The average Bonchev–Trinajstić information content (AvgIpc) is 3.18. The largest absolute Gasteiger partial charge is 0.390 e. The normalized spacial score (nSPS) is 18.8. The van der Waals surface area contributed by atoms with Gasteiger partial charge in [-0.3, -0.25) is 0 Å². The summed E-state index contributed by atoms with van der Waals surface area (Å²) >= 11 is 1.61. The van der Waals surface area contributed by atoms with Crippen molar-refractivity contribution in [3.63, 3.8) is 0 Å². The van der Waals surface area contributed by atoms with Crippen molar-refractivity contribution >= 4 is 11.3 Å². The van der Waals surface area contributed by atoms with Crippen LogP contribution in [0.3, 0.4) is 0 Å². The first-order valence-corrected chi connectivity index (χ1v) is 8.34. The Balaban J connectivity index is 1.72. The summed E-state index contributed by atoms with van der Waals surface area (Å²) in [6.07, 6.45) is 4.27. The Hall–Kier alpha value is -1.23. The van der Waals surface area contributed by atoms with E-state index in [1.54, 1.807) is 18.4 Å². The van der Waals surface area contributed by atoms with Crippen LogP contribution in [0.1, 0.15) is 30.7 Å². The second-order valence-electron chi connectivity index (χ2n) is 5.69. The number of nitrogens with zero attached hydrogens (tertiary/aromatic N) is 1. The number of benzene rings is 1. The molecule has 1 fully saturated rings. The molecule has 0 aliphatic heterocycles. The second kappa shape index (κ2) is 6.26. The molecule has 1 N–H and O–H groups in total. The molecule has 0 bridgehead atoms. The number of hydrogen-bond acceptors (Lipinski definition) is 4. The minimum Gasteiger partial charge on any atom is -0.390 e. The van der Waals surface area contributed by atoms with Crippen LogP contribution in [0.15, 0.2) is 35.7 Å². The molecule has 1 aromatic heterocycles. The Morgan fingerprint density at radius 3 is 2.67 bits per heavy atom. The van der Waals surface area contributed by atoms with Crippen LogP contribution in [-0.4, -0.2) is 28.9 Å². The maximum Gasteiger partial charge on any atom is 0.0959 e. The van der Waals surface area contributed by atoms with Crippen molar-refractivity contribution in [2.45, 2.75) is 43.8 Å². The van der Waals surface area contributed by atoms with Gasteiger partial charge >= 0.3 is 0 Å². The molecule has 112 valence electrons. The fraction of sp³-hybridized carbons (Fsp3) is 0.471. The second-order valence-corrected chi connectivity index (χ2v) is 6.63. The molecule has 1 atom stereocenters. The van der Waals surface area contributed by atoms with Crippen molar-refractivity contribution in [1.29, 1.82) is 0 Å². The number of aliphatic hydroxyl groups excluding tert-OH is 1. The van der Waals surface area contributed by atoms with Gasteiger partial charge in [-0.05, 0) is 12.8 Å². The standard InChI is InChI=1S/C17H21NO2S/c1-20-17(9-5-6-10-17)15(19)11-16-18-14(12-21-16)13-7-3-2-4-8-13/h2-4,7-8,12,15,19H,5-6,9-11H2,1H3. The Bertz CT molecular complexity index is 575. The van der Waals surface area contributed by atoms with Gasteiger partial charge in [-0.2, -0.15) is 0 Å². The maximum absolute atomic E-state index is 10.6. The van der Waals surface area contributed by atoms with E-state index in [9.17, 15) is 5.11 Å². The Kier molecular flexibility index (Phi) is 4.38. The molecule has 1 unspecified atom stereocenters. The molecule has 1 aliphatic rings. The van der Waals surface area contributed by atoms with Crippen molar-refractivity contribution in [2.75, 3.05) is 7.11 Å². The molecule has 1 aromatic carbocycles. The highest BCUT2D eigenvalue weighted by molar-refractivity contribution is 7.09. The van der Waals surface area contributed by atoms with Gasteiger partial charge in [0.2, 0.25) is 0 Å². The van der Waals surface area contributed by atoms with E-state index in [1.807, 2.05) is 18.2 Å². The molecule has 21 heavy (non-hydrogen) atoms. The van der Waals surface area contributed by atoms with Gasteiger partial charge in [-0.25, -0.2) is 4.98 Å².